The van der Waals surface area contributed by atoms with E-state index in [1.807, 2.05) is 24.4 Å². The average Bonchev–Trinajstić information content (AvgIpc) is 2.30. The first-order chi connectivity index (χ1) is 7.34. The molecule has 15 heavy (non-hydrogen) atoms. The topological polar surface area (TPSA) is 12.9 Å². The molecule has 0 bridgehead atoms. The lowest BCUT2D eigenvalue weighted by Crippen LogP contribution is -2.07. The molecule has 1 nitrogen and oxygen atoms in total. The van der Waals surface area contributed by atoms with Gasteiger partial charge in [0.15, 0.2) is 0 Å². The maximum absolute atomic E-state index is 5.52. The molecule has 1 heterocycles. The third kappa shape index (κ3) is 2.95. The molecule has 0 aliphatic heterocycles. The number of hydrogen-bond acceptors (Lipinski definition) is 1. The van der Waals surface area contributed by atoms with E-state index in [0.29, 0.717) is 5.59 Å². The van der Waals surface area contributed by atoms with Crippen molar-refractivity contribution in [2.45, 2.75) is 12.8 Å². The minimum Gasteiger partial charge on any atom is -0.273 e. The van der Waals surface area contributed by atoms with E-state index in [-0.39, 0.29) is 0 Å². The van der Waals surface area contributed by atoms with Crippen LogP contribution in [0.1, 0.15) is 11.1 Å². The van der Waals surface area contributed by atoms with E-state index in [1.54, 1.807) is 0 Å². The van der Waals surface area contributed by atoms with Gasteiger partial charge in [0.25, 0.3) is 0 Å². The molecule has 2 heteroatoms. The SMILES string of the molecule is [B]c1ccc(CCc2ccccc2)cn1. The molecular weight excluding hydrogens is 181 g/mol. The van der Waals surface area contributed by atoms with Gasteiger partial charge in [-0.25, -0.2) is 0 Å². The Morgan fingerprint density at radius 2 is 1.60 bits per heavy atom. The molecule has 2 aromatic rings. The Kier molecular flexibility index (Phi) is 3.18. The Labute approximate surface area is 91.6 Å². The molecule has 0 unspecified atom stereocenters. The summed E-state index contributed by atoms with van der Waals surface area (Å²) in [5.41, 5.74) is 3.17. The molecule has 72 valence electrons. The average molecular weight is 193 g/mol. The number of pyridine rings is 1. The van der Waals surface area contributed by atoms with Crippen molar-refractivity contribution in [2.24, 2.45) is 0 Å². The highest BCUT2D eigenvalue weighted by atomic mass is 14.6. The third-order valence-electron chi connectivity index (χ3n) is 2.39. The Morgan fingerprint density at radius 3 is 2.27 bits per heavy atom. The monoisotopic (exact) mass is 193 g/mol. The molecular formula is C13H12BN. The largest absolute Gasteiger partial charge is 0.273 e. The molecule has 0 N–H and O–H groups in total. The minimum atomic E-state index is 0.582. The van der Waals surface area contributed by atoms with Gasteiger partial charge in [0, 0.05) is 6.20 Å². The summed E-state index contributed by atoms with van der Waals surface area (Å²) in [4.78, 5) is 4.07. The highest BCUT2D eigenvalue weighted by Crippen LogP contribution is 2.05. The van der Waals surface area contributed by atoms with Crippen molar-refractivity contribution >= 4 is 13.4 Å². The first-order valence-corrected chi connectivity index (χ1v) is 5.09. The number of aromatic nitrogens is 1. The number of hydrogen-bond donors (Lipinski definition) is 0. The van der Waals surface area contributed by atoms with E-state index in [4.69, 9.17) is 7.85 Å². The molecule has 0 saturated heterocycles. The van der Waals surface area contributed by atoms with Crippen LogP contribution in [-0.2, 0) is 12.8 Å². The van der Waals surface area contributed by atoms with Gasteiger partial charge in [-0.3, -0.25) is 4.98 Å². The predicted molar refractivity (Wildman–Crippen MR) is 63.5 cm³/mol. The molecule has 2 rings (SSSR count). The second-order valence-electron chi connectivity index (χ2n) is 3.58. The maximum atomic E-state index is 5.52. The van der Waals surface area contributed by atoms with Crippen LogP contribution in [0, 0.1) is 0 Å². The second kappa shape index (κ2) is 4.78. The van der Waals surface area contributed by atoms with Gasteiger partial charge in [0.05, 0.1) is 0 Å². The van der Waals surface area contributed by atoms with Crippen LogP contribution in [-0.4, -0.2) is 12.8 Å². The Balaban J connectivity index is 1.96. The summed E-state index contributed by atoms with van der Waals surface area (Å²) in [6.07, 6.45) is 3.90. The lowest BCUT2D eigenvalue weighted by atomic mass is 10.0. The number of aryl methyl sites for hydroxylation is 2. The molecule has 2 radical (unpaired) electrons. The van der Waals surface area contributed by atoms with Crippen molar-refractivity contribution in [1.82, 2.24) is 4.98 Å². The number of benzene rings is 1. The maximum Gasteiger partial charge on any atom is 0.141 e. The second-order valence-corrected chi connectivity index (χ2v) is 3.58. The standard InChI is InChI=1S/C13H12BN/c14-13-9-8-12(10-15-13)7-6-11-4-2-1-3-5-11/h1-5,8-10H,6-7H2. The van der Waals surface area contributed by atoms with Crippen molar-refractivity contribution < 1.29 is 0 Å². The highest BCUT2D eigenvalue weighted by molar-refractivity contribution is 6.30. The van der Waals surface area contributed by atoms with Crippen LogP contribution >= 0.6 is 0 Å². The van der Waals surface area contributed by atoms with Crippen molar-refractivity contribution in [3.63, 3.8) is 0 Å². The van der Waals surface area contributed by atoms with Gasteiger partial charge in [-0.05, 0) is 29.6 Å². The highest BCUT2D eigenvalue weighted by Gasteiger charge is 1.95. The van der Waals surface area contributed by atoms with Gasteiger partial charge in [0.1, 0.15) is 7.85 Å². The van der Waals surface area contributed by atoms with E-state index in [9.17, 15) is 0 Å². The summed E-state index contributed by atoms with van der Waals surface area (Å²) in [7, 11) is 5.52. The van der Waals surface area contributed by atoms with Crippen LogP contribution in [0.5, 0.6) is 0 Å². The predicted octanol–water partition coefficient (Wildman–Crippen LogP) is 1.66. The molecule has 1 aromatic heterocycles. The number of rotatable bonds is 3. The summed E-state index contributed by atoms with van der Waals surface area (Å²) in [5.74, 6) is 0. The van der Waals surface area contributed by atoms with Crippen molar-refractivity contribution in [3.05, 3.63) is 59.8 Å². The van der Waals surface area contributed by atoms with E-state index in [0.717, 1.165) is 12.8 Å². The van der Waals surface area contributed by atoms with Crippen LogP contribution in [0.2, 0.25) is 0 Å². The van der Waals surface area contributed by atoms with Crippen LogP contribution in [0.3, 0.4) is 0 Å². The lowest BCUT2D eigenvalue weighted by Gasteiger charge is -2.01. The Bertz CT molecular complexity index is 408. The summed E-state index contributed by atoms with van der Waals surface area (Å²) >= 11 is 0. The molecule has 0 amide bonds. The number of nitrogens with zero attached hydrogens (tertiary/aromatic N) is 1. The molecule has 0 spiro atoms. The van der Waals surface area contributed by atoms with E-state index < -0.39 is 0 Å². The molecule has 1 aromatic carbocycles. The first-order valence-electron chi connectivity index (χ1n) is 5.09. The zero-order chi connectivity index (χ0) is 10.5. The Hall–Kier alpha value is -1.57. The molecule has 0 saturated carbocycles. The Morgan fingerprint density at radius 1 is 0.867 bits per heavy atom. The van der Waals surface area contributed by atoms with Gasteiger partial charge in [-0.1, -0.05) is 42.5 Å². The van der Waals surface area contributed by atoms with Crippen molar-refractivity contribution in [3.8, 4) is 0 Å². The van der Waals surface area contributed by atoms with E-state index in [1.165, 1.54) is 11.1 Å². The van der Waals surface area contributed by atoms with Crippen LogP contribution in [0.4, 0.5) is 0 Å². The first kappa shape index (κ1) is 9.97. The quantitative estimate of drug-likeness (QED) is 0.675. The molecule has 0 atom stereocenters. The summed E-state index contributed by atoms with van der Waals surface area (Å²) in [6, 6.07) is 14.3. The summed E-state index contributed by atoms with van der Waals surface area (Å²) < 4.78 is 0. The fourth-order valence-electron chi connectivity index (χ4n) is 1.52. The normalized spacial score (nSPS) is 10.1. The van der Waals surface area contributed by atoms with Crippen LogP contribution < -0.4 is 5.59 Å². The van der Waals surface area contributed by atoms with Gasteiger partial charge >= 0.3 is 0 Å². The van der Waals surface area contributed by atoms with Gasteiger partial charge in [0.2, 0.25) is 0 Å². The molecule has 0 fully saturated rings. The molecule has 0 aliphatic rings. The van der Waals surface area contributed by atoms with E-state index in [2.05, 4.69) is 29.2 Å². The summed E-state index contributed by atoms with van der Waals surface area (Å²) in [5, 5.41) is 0. The van der Waals surface area contributed by atoms with Gasteiger partial charge in [-0.15, -0.1) is 0 Å². The summed E-state index contributed by atoms with van der Waals surface area (Å²) in [6.45, 7) is 0. The third-order valence-corrected chi connectivity index (χ3v) is 2.39. The zero-order valence-corrected chi connectivity index (χ0v) is 8.56. The van der Waals surface area contributed by atoms with E-state index >= 15 is 0 Å². The minimum absolute atomic E-state index is 0.582. The lowest BCUT2D eigenvalue weighted by molar-refractivity contribution is 0.952. The van der Waals surface area contributed by atoms with Gasteiger partial charge < -0.3 is 0 Å². The fourth-order valence-corrected chi connectivity index (χ4v) is 1.52. The van der Waals surface area contributed by atoms with Crippen molar-refractivity contribution in [2.75, 3.05) is 0 Å². The van der Waals surface area contributed by atoms with Crippen LogP contribution in [0.15, 0.2) is 48.7 Å². The van der Waals surface area contributed by atoms with Crippen molar-refractivity contribution in [1.29, 1.82) is 0 Å². The van der Waals surface area contributed by atoms with Gasteiger partial charge in [-0.2, -0.15) is 0 Å². The fraction of sp³-hybridized carbons (Fsp3) is 0.154. The zero-order valence-electron chi connectivity index (χ0n) is 8.56. The smallest absolute Gasteiger partial charge is 0.141 e. The van der Waals surface area contributed by atoms with Crippen LogP contribution in [0.25, 0.3) is 0 Å². The molecule has 0 aliphatic carbocycles.